The Morgan fingerprint density at radius 1 is 1.00 bits per heavy atom. The third kappa shape index (κ3) is 5.01. The highest BCUT2D eigenvalue weighted by Gasteiger charge is 2.35. The Bertz CT molecular complexity index is 346. The van der Waals surface area contributed by atoms with Crippen molar-refractivity contribution in [3.63, 3.8) is 0 Å². The molecule has 0 N–H and O–H groups in total. The minimum Gasteiger partial charge on any atom is -0.334 e. The van der Waals surface area contributed by atoms with Gasteiger partial charge in [-0.15, -0.1) is 0 Å². The lowest BCUT2D eigenvalue weighted by molar-refractivity contribution is -0.156. The van der Waals surface area contributed by atoms with Gasteiger partial charge >= 0.3 is 11.8 Å². The summed E-state index contributed by atoms with van der Waals surface area (Å²) in [7, 11) is 0. The number of piperidine rings is 1. The van der Waals surface area contributed by atoms with E-state index >= 15 is 0 Å². The number of nitrogens with zero attached hydrogens (tertiary/aromatic N) is 2. The van der Waals surface area contributed by atoms with E-state index in [9.17, 15) is 9.59 Å². The number of carbonyl (C=O) groups is 2. The highest BCUT2D eigenvalue weighted by Crippen LogP contribution is 2.23. The number of carbonyl (C=O) groups excluding carboxylic acids is 2. The minimum atomic E-state index is -0.321. The molecule has 0 aromatic rings. The Kier molecular flexibility index (Phi) is 6.69. The predicted molar refractivity (Wildman–Crippen MR) is 85.9 cm³/mol. The number of hydrogen-bond donors (Lipinski definition) is 0. The molecule has 1 fully saturated rings. The van der Waals surface area contributed by atoms with Crippen molar-refractivity contribution in [1.29, 1.82) is 0 Å². The SMILES string of the molecule is CC(C)CN(CC(C)C)C(=O)C(=O)N1C(C)CCCC1C. The molecule has 2 amide bonds. The van der Waals surface area contributed by atoms with Crippen molar-refractivity contribution in [3.8, 4) is 0 Å². The fourth-order valence-corrected chi connectivity index (χ4v) is 3.19. The van der Waals surface area contributed by atoms with Crippen LogP contribution in [-0.2, 0) is 9.59 Å². The van der Waals surface area contributed by atoms with Gasteiger partial charge in [-0.25, -0.2) is 0 Å². The molecule has 2 atom stereocenters. The lowest BCUT2D eigenvalue weighted by Gasteiger charge is -2.39. The normalized spacial score (nSPS) is 22.8. The van der Waals surface area contributed by atoms with E-state index in [1.807, 2.05) is 0 Å². The molecule has 0 saturated carbocycles. The molecule has 0 radical (unpaired) electrons. The zero-order valence-corrected chi connectivity index (χ0v) is 14.6. The first kappa shape index (κ1) is 18.0. The third-order valence-electron chi connectivity index (χ3n) is 4.07. The van der Waals surface area contributed by atoms with Gasteiger partial charge in [-0.3, -0.25) is 9.59 Å². The van der Waals surface area contributed by atoms with Crippen molar-refractivity contribution >= 4 is 11.8 Å². The van der Waals surface area contributed by atoms with Crippen LogP contribution in [0.5, 0.6) is 0 Å². The summed E-state index contributed by atoms with van der Waals surface area (Å²) in [6.07, 6.45) is 3.14. The number of likely N-dealkylation sites (tertiary alicyclic amines) is 1. The van der Waals surface area contributed by atoms with Crippen LogP contribution in [0.2, 0.25) is 0 Å². The van der Waals surface area contributed by atoms with Crippen molar-refractivity contribution in [1.82, 2.24) is 9.80 Å². The van der Waals surface area contributed by atoms with Crippen LogP contribution in [0, 0.1) is 11.8 Å². The summed E-state index contributed by atoms with van der Waals surface area (Å²) in [6.45, 7) is 13.7. The van der Waals surface area contributed by atoms with Crippen molar-refractivity contribution < 1.29 is 9.59 Å². The molecular weight excluding hydrogens is 264 g/mol. The quantitative estimate of drug-likeness (QED) is 0.748. The fourth-order valence-electron chi connectivity index (χ4n) is 3.19. The first-order valence-electron chi connectivity index (χ1n) is 8.35. The van der Waals surface area contributed by atoms with Gasteiger partial charge in [0.1, 0.15) is 0 Å². The lowest BCUT2D eigenvalue weighted by atomic mass is 9.97. The van der Waals surface area contributed by atoms with Gasteiger partial charge in [0.2, 0.25) is 0 Å². The maximum absolute atomic E-state index is 12.7. The summed E-state index contributed by atoms with van der Waals surface area (Å²) in [5.74, 6) is 0.113. The largest absolute Gasteiger partial charge is 0.334 e. The van der Waals surface area contributed by atoms with Crippen LogP contribution in [0.1, 0.15) is 60.8 Å². The molecule has 4 nitrogen and oxygen atoms in total. The first-order chi connectivity index (χ1) is 9.73. The molecule has 4 heteroatoms. The molecule has 1 saturated heterocycles. The average molecular weight is 296 g/mol. The zero-order chi connectivity index (χ0) is 16.2. The van der Waals surface area contributed by atoms with Crippen LogP contribution >= 0.6 is 0 Å². The second-order valence-corrected chi connectivity index (χ2v) is 7.34. The molecule has 1 rings (SSSR count). The lowest BCUT2D eigenvalue weighted by Crippen LogP contribution is -2.54. The molecule has 0 spiro atoms. The van der Waals surface area contributed by atoms with E-state index in [1.165, 1.54) is 0 Å². The second-order valence-electron chi connectivity index (χ2n) is 7.34. The summed E-state index contributed by atoms with van der Waals surface area (Å²) < 4.78 is 0. The van der Waals surface area contributed by atoms with Crippen LogP contribution in [0.3, 0.4) is 0 Å². The summed E-state index contributed by atoms with van der Waals surface area (Å²) in [6, 6.07) is 0.343. The molecule has 1 aliphatic rings. The minimum absolute atomic E-state index is 0.171. The van der Waals surface area contributed by atoms with Crippen molar-refractivity contribution in [2.45, 2.75) is 72.9 Å². The van der Waals surface area contributed by atoms with Gasteiger partial charge in [0.15, 0.2) is 0 Å². The molecule has 0 aliphatic carbocycles. The fraction of sp³-hybridized carbons (Fsp3) is 0.882. The maximum atomic E-state index is 12.7. The van der Waals surface area contributed by atoms with Crippen LogP contribution in [-0.4, -0.2) is 46.8 Å². The van der Waals surface area contributed by atoms with E-state index < -0.39 is 0 Å². The summed E-state index contributed by atoms with van der Waals surface area (Å²) >= 11 is 0. The summed E-state index contributed by atoms with van der Waals surface area (Å²) in [4.78, 5) is 28.8. The van der Waals surface area contributed by atoms with Crippen LogP contribution in [0.15, 0.2) is 0 Å². The second kappa shape index (κ2) is 7.81. The van der Waals surface area contributed by atoms with Gasteiger partial charge in [-0.1, -0.05) is 27.7 Å². The molecule has 2 unspecified atom stereocenters. The summed E-state index contributed by atoms with van der Waals surface area (Å²) in [5, 5.41) is 0. The Morgan fingerprint density at radius 3 is 1.81 bits per heavy atom. The van der Waals surface area contributed by atoms with Crippen molar-refractivity contribution in [2.75, 3.05) is 13.1 Å². The van der Waals surface area contributed by atoms with Gasteiger partial charge in [0.05, 0.1) is 0 Å². The molecule has 122 valence electrons. The first-order valence-corrected chi connectivity index (χ1v) is 8.35. The number of amides is 2. The van der Waals surface area contributed by atoms with Gasteiger partial charge in [0.25, 0.3) is 0 Å². The molecule has 0 aromatic carbocycles. The molecule has 0 bridgehead atoms. The smallest absolute Gasteiger partial charge is 0.312 e. The summed E-state index contributed by atoms with van der Waals surface area (Å²) in [5.41, 5.74) is 0. The van der Waals surface area contributed by atoms with Crippen molar-refractivity contribution in [2.24, 2.45) is 11.8 Å². The van der Waals surface area contributed by atoms with E-state index in [0.717, 1.165) is 19.3 Å². The van der Waals surface area contributed by atoms with Gasteiger partial charge in [0, 0.05) is 25.2 Å². The van der Waals surface area contributed by atoms with Crippen LogP contribution in [0.4, 0.5) is 0 Å². The topological polar surface area (TPSA) is 40.6 Å². The third-order valence-corrected chi connectivity index (χ3v) is 4.07. The van der Waals surface area contributed by atoms with Crippen LogP contribution < -0.4 is 0 Å². The van der Waals surface area contributed by atoms with E-state index in [-0.39, 0.29) is 23.9 Å². The molecule has 1 aliphatic heterocycles. The Morgan fingerprint density at radius 2 is 1.43 bits per heavy atom. The molecule has 21 heavy (non-hydrogen) atoms. The number of hydrogen-bond acceptors (Lipinski definition) is 2. The van der Waals surface area contributed by atoms with Gasteiger partial charge in [-0.2, -0.15) is 0 Å². The van der Waals surface area contributed by atoms with E-state index in [0.29, 0.717) is 24.9 Å². The Balaban J connectivity index is 2.83. The van der Waals surface area contributed by atoms with Gasteiger partial charge < -0.3 is 9.80 Å². The standard InChI is InChI=1S/C17H32N2O2/c1-12(2)10-18(11-13(3)4)16(20)17(21)19-14(5)8-7-9-15(19)6/h12-15H,7-11H2,1-6H3. The predicted octanol–water partition coefficient (Wildman–Crippen LogP) is 2.92. The maximum Gasteiger partial charge on any atom is 0.312 e. The Labute approximate surface area is 129 Å². The molecule has 0 aromatic heterocycles. The Hall–Kier alpha value is -1.06. The van der Waals surface area contributed by atoms with Gasteiger partial charge in [-0.05, 0) is 44.9 Å². The zero-order valence-electron chi connectivity index (χ0n) is 14.6. The highest BCUT2D eigenvalue weighted by molar-refractivity contribution is 6.35. The highest BCUT2D eigenvalue weighted by atomic mass is 16.2. The molecular formula is C17H32N2O2. The number of rotatable bonds is 4. The molecule has 1 heterocycles. The van der Waals surface area contributed by atoms with Crippen LogP contribution in [0.25, 0.3) is 0 Å². The van der Waals surface area contributed by atoms with E-state index in [4.69, 9.17) is 0 Å². The average Bonchev–Trinajstić information content (AvgIpc) is 2.35. The van der Waals surface area contributed by atoms with E-state index in [1.54, 1.807) is 9.80 Å². The monoisotopic (exact) mass is 296 g/mol. The van der Waals surface area contributed by atoms with E-state index in [2.05, 4.69) is 41.5 Å². The van der Waals surface area contributed by atoms with Crippen molar-refractivity contribution in [3.05, 3.63) is 0 Å².